The number of esters is 1. The molecule has 2 saturated heterocycles. The van der Waals surface area contributed by atoms with Crippen LogP contribution in [0.15, 0.2) is 29.1 Å². The number of carbonyl (C=O) groups is 1. The Morgan fingerprint density at radius 3 is 2.35 bits per heavy atom. The van der Waals surface area contributed by atoms with Crippen LogP contribution in [0, 0.1) is 0 Å². The van der Waals surface area contributed by atoms with Crippen LogP contribution in [-0.2, 0) is 9.53 Å². The van der Waals surface area contributed by atoms with E-state index >= 15 is 0 Å². The first-order chi connectivity index (χ1) is 16.7. The zero-order chi connectivity index (χ0) is 23.5. The van der Waals surface area contributed by atoms with Crippen LogP contribution in [0.3, 0.4) is 0 Å². The molecule has 0 amide bonds. The van der Waals surface area contributed by atoms with Gasteiger partial charge in [0.2, 0.25) is 0 Å². The number of nitrogens with zero attached hydrogens (tertiary/aromatic N) is 3. The Labute approximate surface area is 201 Å². The second-order valence-corrected chi connectivity index (χ2v) is 10.2. The summed E-state index contributed by atoms with van der Waals surface area (Å²) in [7, 11) is 0. The van der Waals surface area contributed by atoms with Gasteiger partial charge in [0.15, 0.2) is 5.82 Å². The number of carbonyl (C=O) groups excluding carboxylic acids is 1. The lowest BCUT2D eigenvalue weighted by molar-refractivity contribution is -0.140. The molecule has 0 radical (unpaired) electrons. The van der Waals surface area contributed by atoms with E-state index in [1.807, 2.05) is 28.8 Å². The van der Waals surface area contributed by atoms with Gasteiger partial charge in [-0.15, -0.1) is 0 Å². The van der Waals surface area contributed by atoms with Crippen LogP contribution in [0.4, 0.5) is 5.82 Å². The summed E-state index contributed by atoms with van der Waals surface area (Å²) >= 11 is 0. The second-order valence-electron chi connectivity index (χ2n) is 10.2. The Kier molecular flexibility index (Phi) is 7.18. The number of ether oxygens (including phenoxy) is 1. The lowest BCUT2D eigenvalue weighted by Gasteiger charge is -2.45. The molecular formula is C27H38N4O3. The zero-order valence-electron chi connectivity index (χ0n) is 20.4. The van der Waals surface area contributed by atoms with Gasteiger partial charge >= 0.3 is 5.97 Å². The van der Waals surface area contributed by atoms with Crippen molar-refractivity contribution in [1.29, 1.82) is 0 Å². The summed E-state index contributed by atoms with van der Waals surface area (Å²) in [5, 5.41) is 2.95. The molecule has 3 fully saturated rings. The minimum absolute atomic E-state index is 0.0558. The van der Waals surface area contributed by atoms with E-state index in [-0.39, 0.29) is 29.9 Å². The minimum Gasteiger partial charge on any atom is -0.465 e. The first-order valence-corrected chi connectivity index (χ1v) is 13.3. The predicted molar refractivity (Wildman–Crippen MR) is 134 cm³/mol. The number of anilines is 1. The first kappa shape index (κ1) is 23.3. The van der Waals surface area contributed by atoms with E-state index in [9.17, 15) is 9.59 Å². The Morgan fingerprint density at radius 2 is 1.65 bits per heavy atom. The van der Waals surface area contributed by atoms with Gasteiger partial charge in [-0.25, -0.2) is 4.98 Å². The molecule has 1 aliphatic carbocycles. The van der Waals surface area contributed by atoms with Crippen LogP contribution in [0.2, 0.25) is 0 Å². The summed E-state index contributed by atoms with van der Waals surface area (Å²) in [5.74, 6) is -0.143. The fourth-order valence-electron chi connectivity index (χ4n) is 6.72. The van der Waals surface area contributed by atoms with E-state index in [1.165, 1.54) is 57.8 Å². The van der Waals surface area contributed by atoms with Crippen LogP contribution >= 0.6 is 0 Å². The number of fused-ring (bicyclic) bond motifs is 3. The predicted octanol–water partition coefficient (Wildman–Crippen LogP) is 4.65. The van der Waals surface area contributed by atoms with Crippen molar-refractivity contribution in [1.82, 2.24) is 14.5 Å². The highest BCUT2D eigenvalue weighted by atomic mass is 16.5. The normalized spacial score (nSPS) is 26.2. The first-order valence-electron chi connectivity index (χ1n) is 13.3. The van der Waals surface area contributed by atoms with E-state index < -0.39 is 0 Å². The summed E-state index contributed by atoms with van der Waals surface area (Å²) in [4.78, 5) is 32.9. The van der Waals surface area contributed by atoms with Crippen molar-refractivity contribution in [3.8, 4) is 0 Å². The maximum atomic E-state index is 13.6. The molecule has 2 bridgehead atoms. The van der Waals surface area contributed by atoms with Gasteiger partial charge < -0.3 is 14.6 Å². The summed E-state index contributed by atoms with van der Waals surface area (Å²) in [6, 6.07) is 9.86. The molecule has 3 atom stereocenters. The van der Waals surface area contributed by atoms with E-state index in [0.29, 0.717) is 24.7 Å². The van der Waals surface area contributed by atoms with Gasteiger partial charge in [-0.1, -0.05) is 44.2 Å². The molecule has 1 saturated carbocycles. The summed E-state index contributed by atoms with van der Waals surface area (Å²) in [5.41, 5.74) is 1.54. The standard InChI is InChI=1S/C27H38N4O3/c1-2-34-25(32)18-28-26-27(33)31(24-13-9-8-12-23(24)29-26)22-16-20-14-15-21(17-22)30(20)19-10-6-4-3-5-7-11-19/h8-9,12-13,19-22H,2-7,10-11,14-18H2,1H3,(H,28,29)/t20-,21+,22+. The number of nitrogens with one attached hydrogen (secondary N) is 1. The van der Waals surface area contributed by atoms with Gasteiger partial charge in [0.25, 0.3) is 5.56 Å². The highest BCUT2D eigenvalue weighted by molar-refractivity contribution is 5.78. The Morgan fingerprint density at radius 1 is 0.971 bits per heavy atom. The Balaban J connectivity index is 1.41. The molecule has 7 heteroatoms. The molecule has 184 valence electrons. The third-order valence-electron chi connectivity index (χ3n) is 8.13. The lowest BCUT2D eigenvalue weighted by atomic mass is 9.89. The third-order valence-corrected chi connectivity index (χ3v) is 8.13. The van der Waals surface area contributed by atoms with Gasteiger partial charge in [0.05, 0.1) is 17.6 Å². The SMILES string of the molecule is CCOC(=O)CNc1nc2ccccc2n([C@H]2C[C@H]3CC[C@@H](C2)N3C2CCCCCCC2)c1=O. The summed E-state index contributed by atoms with van der Waals surface area (Å²) in [6.45, 7) is 2.04. The highest BCUT2D eigenvalue weighted by Crippen LogP contribution is 2.44. The quantitative estimate of drug-likeness (QED) is 0.625. The number of para-hydroxylation sites is 2. The molecule has 34 heavy (non-hydrogen) atoms. The van der Waals surface area contributed by atoms with Crippen LogP contribution < -0.4 is 10.9 Å². The zero-order valence-corrected chi connectivity index (χ0v) is 20.4. The number of hydrogen-bond acceptors (Lipinski definition) is 6. The van der Waals surface area contributed by atoms with Crippen LogP contribution in [0.1, 0.15) is 83.6 Å². The fraction of sp³-hybridized carbons (Fsp3) is 0.667. The van der Waals surface area contributed by atoms with Gasteiger partial charge in [0.1, 0.15) is 6.54 Å². The van der Waals surface area contributed by atoms with Crippen molar-refractivity contribution in [2.45, 2.75) is 102 Å². The maximum absolute atomic E-state index is 13.6. The van der Waals surface area contributed by atoms with Crippen LogP contribution in [0.25, 0.3) is 11.0 Å². The molecule has 1 aromatic heterocycles. The number of hydrogen-bond donors (Lipinski definition) is 1. The third kappa shape index (κ3) is 4.72. The molecule has 5 rings (SSSR count). The van der Waals surface area contributed by atoms with Crippen molar-refractivity contribution in [2.24, 2.45) is 0 Å². The number of rotatable bonds is 6. The Bertz CT molecular complexity index is 1050. The summed E-state index contributed by atoms with van der Waals surface area (Å²) < 4.78 is 6.99. The number of piperidine rings is 1. The average Bonchev–Trinajstić information content (AvgIpc) is 3.07. The van der Waals surface area contributed by atoms with E-state index in [2.05, 4.69) is 15.2 Å². The topological polar surface area (TPSA) is 76.5 Å². The fourth-order valence-corrected chi connectivity index (χ4v) is 6.72. The molecule has 1 N–H and O–H groups in total. The van der Waals surface area contributed by atoms with Gasteiger partial charge in [-0.2, -0.15) is 0 Å². The van der Waals surface area contributed by atoms with E-state index in [0.717, 1.165) is 23.9 Å². The molecule has 1 aromatic carbocycles. The molecule has 3 heterocycles. The lowest BCUT2D eigenvalue weighted by Crippen LogP contribution is -2.50. The average molecular weight is 467 g/mol. The molecule has 0 spiro atoms. The number of benzene rings is 1. The van der Waals surface area contributed by atoms with Crippen molar-refractivity contribution < 1.29 is 9.53 Å². The second kappa shape index (κ2) is 10.5. The van der Waals surface area contributed by atoms with Crippen molar-refractivity contribution in [3.05, 3.63) is 34.6 Å². The summed E-state index contributed by atoms with van der Waals surface area (Å²) in [6.07, 6.45) is 14.0. The molecule has 2 aliphatic heterocycles. The highest BCUT2D eigenvalue weighted by Gasteiger charge is 2.44. The van der Waals surface area contributed by atoms with E-state index in [1.54, 1.807) is 6.92 Å². The molecular weight excluding hydrogens is 428 g/mol. The Hall–Kier alpha value is -2.41. The maximum Gasteiger partial charge on any atom is 0.325 e. The number of aromatic nitrogens is 2. The monoisotopic (exact) mass is 466 g/mol. The van der Waals surface area contributed by atoms with Gasteiger partial charge in [-0.05, 0) is 57.6 Å². The van der Waals surface area contributed by atoms with Crippen molar-refractivity contribution in [3.63, 3.8) is 0 Å². The van der Waals surface area contributed by atoms with Crippen LogP contribution in [-0.4, -0.2) is 51.7 Å². The van der Waals surface area contributed by atoms with Gasteiger partial charge in [-0.3, -0.25) is 14.5 Å². The molecule has 2 aromatic rings. The van der Waals surface area contributed by atoms with Crippen molar-refractivity contribution in [2.75, 3.05) is 18.5 Å². The van der Waals surface area contributed by atoms with Gasteiger partial charge in [0, 0.05) is 24.2 Å². The molecule has 7 nitrogen and oxygen atoms in total. The smallest absolute Gasteiger partial charge is 0.325 e. The van der Waals surface area contributed by atoms with E-state index in [4.69, 9.17) is 4.74 Å². The molecule has 0 unspecified atom stereocenters. The minimum atomic E-state index is -0.381. The molecule has 3 aliphatic rings. The largest absolute Gasteiger partial charge is 0.465 e. The van der Waals surface area contributed by atoms with Crippen LogP contribution in [0.5, 0.6) is 0 Å². The van der Waals surface area contributed by atoms with Crippen molar-refractivity contribution >= 4 is 22.8 Å².